The number of rotatable bonds is 8. The molecule has 0 aliphatic carbocycles. The van der Waals surface area contributed by atoms with Gasteiger partial charge in [0, 0.05) is 32.6 Å². The van der Waals surface area contributed by atoms with Crippen molar-refractivity contribution in [3.05, 3.63) is 58.1 Å². The summed E-state index contributed by atoms with van der Waals surface area (Å²) in [7, 11) is 0. The summed E-state index contributed by atoms with van der Waals surface area (Å²) < 4.78 is 11.6. The number of carbonyl (C=O) groups is 1. The van der Waals surface area contributed by atoms with Gasteiger partial charge in [-0.25, -0.2) is 0 Å². The Morgan fingerprint density at radius 3 is 2.69 bits per heavy atom. The van der Waals surface area contributed by atoms with Gasteiger partial charge in [0.2, 0.25) is 5.91 Å². The van der Waals surface area contributed by atoms with Crippen molar-refractivity contribution < 1.29 is 14.3 Å². The second-order valence-corrected chi connectivity index (χ2v) is 11.0. The van der Waals surface area contributed by atoms with Gasteiger partial charge in [0.15, 0.2) is 11.5 Å². The molecule has 2 aliphatic heterocycles. The monoisotopic (exact) mass is 498 g/mol. The number of nitrogens with zero attached hydrogens (tertiary/aromatic N) is 2. The summed E-state index contributed by atoms with van der Waals surface area (Å²) in [5, 5.41) is 0.548. The first-order valence-corrected chi connectivity index (χ1v) is 13.4. The molecule has 0 radical (unpaired) electrons. The summed E-state index contributed by atoms with van der Waals surface area (Å²) in [5.41, 5.74) is 3.75. The van der Waals surface area contributed by atoms with E-state index in [1.54, 1.807) is 0 Å². The van der Waals surface area contributed by atoms with Gasteiger partial charge in [-0.1, -0.05) is 63.6 Å². The minimum atomic E-state index is 0.0239. The number of hydrogen-bond donors (Lipinski definition) is 0. The molecule has 190 valence electrons. The van der Waals surface area contributed by atoms with E-state index in [0.29, 0.717) is 48.1 Å². The van der Waals surface area contributed by atoms with E-state index >= 15 is 0 Å². The Morgan fingerprint density at radius 2 is 1.91 bits per heavy atom. The molecule has 2 heterocycles. The first kappa shape index (κ1) is 25.8. The summed E-state index contributed by atoms with van der Waals surface area (Å²) in [6.07, 6.45) is 1.73. The van der Waals surface area contributed by atoms with Crippen LogP contribution in [0.4, 0.5) is 0 Å². The molecule has 2 aromatic carbocycles. The zero-order valence-electron chi connectivity index (χ0n) is 21.6. The first-order chi connectivity index (χ1) is 16.8. The van der Waals surface area contributed by atoms with Crippen molar-refractivity contribution >= 4 is 17.5 Å². The lowest BCUT2D eigenvalue weighted by molar-refractivity contribution is -0.136. The molecule has 0 N–H and O–H groups in total. The predicted octanol–water partition coefficient (Wildman–Crippen LogP) is 6.13. The largest absolute Gasteiger partial charge is 0.489 e. The van der Waals surface area contributed by atoms with Gasteiger partial charge in [-0.15, -0.1) is 0 Å². The molecule has 0 spiro atoms. The molecular formula is C29H39ClN2O3. The van der Waals surface area contributed by atoms with Crippen LogP contribution in [0.15, 0.2) is 36.4 Å². The molecule has 0 aromatic heterocycles. The highest BCUT2D eigenvalue weighted by Crippen LogP contribution is 2.38. The molecule has 1 saturated heterocycles. The Hall–Kier alpha value is -2.24. The van der Waals surface area contributed by atoms with Crippen LogP contribution in [0.5, 0.6) is 11.5 Å². The van der Waals surface area contributed by atoms with Crippen molar-refractivity contribution in [2.24, 2.45) is 11.8 Å². The Morgan fingerprint density at radius 1 is 1.14 bits per heavy atom. The molecule has 35 heavy (non-hydrogen) atoms. The number of likely N-dealkylation sites (tertiary alicyclic amines) is 1. The fourth-order valence-electron chi connectivity index (χ4n) is 5.19. The lowest BCUT2D eigenvalue weighted by Gasteiger charge is -2.28. The highest BCUT2D eigenvalue weighted by molar-refractivity contribution is 6.32. The van der Waals surface area contributed by atoms with Crippen LogP contribution < -0.4 is 9.47 Å². The molecule has 1 atom stereocenters. The average Bonchev–Trinajstić information content (AvgIpc) is 3.14. The van der Waals surface area contributed by atoms with Crippen LogP contribution >= 0.6 is 11.6 Å². The lowest BCUT2D eigenvalue weighted by Crippen LogP contribution is -2.39. The standard InChI is InChI=1S/C29H39ClN2O3/c1-20(2)16-32(17-22-14-26(30)28-27(15-22)34-12-7-13-35-28)29(33)24-10-11-31(19-24)18-23-8-5-6-9-25(23)21(3)4/h5-6,8-9,14-15,20-21,24H,7,10-13,16-19H2,1-4H3. The van der Waals surface area contributed by atoms with Crippen LogP contribution in [0.3, 0.4) is 0 Å². The Kier molecular flexibility index (Phi) is 8.61. The quantitative estimate of drug-likeness (QED) is 0.439. The molecule has 1 amide bonds. The van der Waals surface area contributed by atoms with E-state index < -0.39 is 0 Å². The fraction of sp³-hybridized carbons (Fsp3) is 0.552. The van der Waals surface area contributed by atoms with E-state index in [2.05, 4.69) is 56.9 Å². The van der Waals surface area contributed by atoms with Crippen LogP contribution in [0.1, 0.15) is 63.1 Å². The minimum Gasteiger partial charge on any atom is -0.489 e. The van der Waals surface area contributed by atoms with Crippen molar-refractivity contribution in [1.82, 2.24) is 9.80 Å². The zero-order valence-corrected chi connectivity index (χ0v) is 22.3. The van der Waals surface area contributed by atoms with E-state index in [0.717, 1.165) is 44.6 Å². The molecule has 0 bridgehead atoms. The van der Waals surface area contributed by atoms with Gasteiger partial charge >= 0.3 is 0 Å². The van der Waals surface area contributed by atoms with E-state index in [4.69, 9.17) is 21.1 Å². The number of amides is 1. The van der Waals surface area contributed by atoms with Gasteiger partial charge in [0.1, 0.15) is 0 Å². The second-order valence-electron chi connectivity index (χ2n) is 10.6. The fourth-order valence-corrected chi connectivity index (χ4v) is 5.48. The van der Waals surface area contributed by atoms with Crippen LogP contribution in [0, 0.1) is 11.8 Å². The van der Waals surface area contributed by atoms with Gasteiger partial charge in [-0.3, -0.25) is 9.69 Å². The van der Waals surface area contributed by atoms with Gasteiger partial charge in [-0.05, 0) is 53.6 Å². The molecule has 2 aromatic rings. The summed E-state index contributed by atoms with van der Waals surface area (Å²) in [5.74, 6) is 2.43. The smallest absolute Gasteiger partial charge is 0.227 e. The molecule has 2 aliphatic rings. The van der Waals surface area contributed by atoms with Gasteiger partial charge in [0.05, 0.1) is 24.2 Å². The third-order valence-corrected chi connectivity index (χ3v) is 7.11. The summed E-state index contributed by atoms with van der Waals surface area (Å²) in [6, 6.07) is 12.6. The number of ether oxygens (including phenoxy) is 2. The van der Waals surface area contributed by atoms with Crippen molar-refractivity contribution in [3.63, 3.8) is 0 Å². The Labute approximate surface area is 215 Å². The Bertz CT molecular complexity index is 1020. The topological polar surface area (TPSA) is 42.0 Å². The molecular weight excluding hydrogens is 460 g/mol. The Balaban J connectivity index is 1.45. The normalized spacial score (nSPS) is 18.2. The predicted molar refractivity (Wildman–Crippen MR) is 141 cm³/mol. The second kappa shape index (κ2) is 11.7. The summed E-state index contributed by atoms with van der Waals surface area (Å²) >= 11 is 6.53. The highest BCUT2D eigenvalue weighted by atomic mass is 35.5. The molecule has 1 unspecified atom stereocenters. The van der Waals surface area contributed by atoms with E-state index in [1.165, 1.54) is 11.1 Å². The third-order valence-electron chi connectivity index (χ3n) is 6.83. The maximum Gasteiger partial charge on any atom is 0.227 e. The van der Waals surface area contributed by atoms with Crippen LogP contribution in [-0.2, 0) is 17.9 Å². The molecule has 4 rings (SSSR count). The molecule has 1 fully saturated rings. The molecule has 5 nitrogen and oxygen atoms in total. The molecule has 6 heteroatoms. The van der Waals surface area contributed by atoms with Gasteiger partial charge in [-0.2, -0.15) is 0 Å². The maximum absolute atomic E-state index is 13.7. The lowest BCUT2D eigenvalue weighted by atomic mass is 9.97. The number of halogens is 1. The van der Waals surface area contributed by atoms with E-state index in [9.17, 15) is 4.79 Å². The molecule has 0 saturated carbocycles. The van der Waals surface area contributed by atoms with Crippen LogP contribution in [0.2, 0.25) is 5.02 Å². The van der Waals surface area contributed by atoms with E-state index in [1.807, 2.05) is 17.0 Å². The van der Waals surface area contributed by atoms with E-state index in [-0.39, 0.29) is 11.8 Å². The van der Waals surface area contributed by atoms with Crippen molar-refractivity contribution in [2.45, 2.75) is 59.5 Å². The van der Waals surface area contributed by atoms with Crippen LogP contribution in [0.25, 0.3) is 0 Å². The van der Waals surface area contributed by atoms with Gasteiger partial charge < -0.3 is 14.4 Å². The minimum absolute atomic E-state index is 0.0239. The van der Waals surface area contributed by atoms with Crippen molar-refractivity contribution in [3.8, 4) is 11.5 Å². The first-order valence-electron chi connectivity index (χ1n) is 13.0. The third kappa shape index (κ3) is 6.50. The number of hydrogen-bond acceptors (Lipinski definition) is 4. The van der Waals surface area contributed by atoms with Crippen molar-refractivity contribution in [2.75, 3.05) is 32.8 Å². The summed E-state index contributed by atoms with van der Waals surface area (Å²) in [4.78, 5) is 18.1. The van der Waals surface area contributed by atoms with Crippen molar-refractivity contribution in [1.29, 1.82) is 0 Å². The maximum atomic E-state index is 13.7. The highest BCUT2D eigenvalue weighted by Gasteiger charge is 2.32. The number of carbonyl (C=O) groups excluding carboxylic acids is 1. The number of benzene rings is 2. The zero-order chi connectivity index (χ0) is 24.9. The number of fused-ring (bicyclic) bond motifs is 1. The van der Waals surface area contributed by atoms with Gasteiger partial charge in [0.25, 0.3) is 0 Å². The summed E-state index contributed by atoms with van der Waals surface area (Å²) in [6.45, 7) is 13.9. The van der Waals surface area contributed by atoms with Crippen LogP contribution in [-0.4, -0.2) is 48.6 Å². The SMILES string of the molecule is CC(C)CN(Cc1cc(Cl)c2c(c1)OCCCO2)C(=O)C1CCN(Cc2ccccc2C(C)C)C1. The average molecular weight is 499 g/mol.